The van der Waals surface area contributed by atoms with Crippen LogP contribution in [0.15, 0.2) is 48.1 Å². The molecule has 1 aromatic carbocycles. The first-order valence-corrected chi connectivity index (χ1v) is 9.23. The summed E-state index contributed by atoms with van der Waals surface area (Å²) in [7, 11) is 0. The fraction of sp³-hybridized carbons (Fsp3) is 0.211. The van der Waals surface area contributed by atoms with Gasteiger partial charge >= 0.3 is 6.36 Å². The van der Waals surface area contributed by atoms with Gasteiger partial charge < -0.3 is 20.3 Å². The molecule has 0 spiro atoms. The number of ether oxygens (including phenoxy) is 1. The van der Waals surface area contributed by atoms with E-state index in [4.69, 9.17) is 11.6 Å². The van der Waals surface area contributed by atoms with E-state index in [9.17, 15) is 28.2 Å². The predicted molar refractivity (Wildman–Crippen MR) is 104 cm³/mol. The fourth-order valence-electron chi connectivity index (χ4n) is 2.90. The number of carbonyl (C=O) groups is 1. The highest BCUT2D eigenvalue weighted by molar-refractivity contribution is 6.26. The Morgan fingerprint density at radius 3 is 2.61 bits per heavy atom. The zero-order valence-electron chi connectivity index (χ0n) is 15.7. The van der Waals surface area contributed by atoms with Gasteiger partial charge in [-0.1, -0.05) is 11.6 Å². The number of rotatable bonds is 7. The molecule has 0 bridgehead atoms. The van der Waals surface area contributed by atoms with Crippen molar-refractivity contribution in [1.29, 1.82) is 0 Å². The van der Waals surface area contributed by atoms with E-state index in [-0.39, 0.29) is 12.2 Å². The molecule has 0 saturated heterocycles. The quantitative estimate of drug-likeness (QED) is 0.472. The number of nitrogens with one attached hydrogen (secondary N) is 1. The molecule has 2 heterocycles. The van der Waals surface area contributed by atoms with E-state index in [0.717, 1.165) is 23.7 Å². The lowest BCUT2D eigenvalue weighted by molar-refractivity contribution is -0.274. The Bertz CT molecular complexity index is 1100. The van der Waals surface area contributed by atoms with Gasteiger partial charge in [0.25, 0.3) is 0 Å². The third-order valence-corrected chi connectivity index (χ3v) is 4.29. The number of pyridine rings is 1. The van der Waals surface area contributed by atoms with Crippen LogP contribution < -0.4 is 10.1 Å². The Morgan fingerprint density at radius 1 is 1.29 bits per heavy atom. The normalized spacial score (nSPS) is 13.0. The van der Waals surface area contributed by atoms with E-state index in [1.807, 2.05) is 0 Å². The maximum absolute atomic E-state index is 12.4. The molecule has 0 aliphatic heterocycles. The van der Waals surface area contributed by atoms with Crippen molar-refractivity contribution in [2.24, 2.45) is 0 Å². The smallest absolute Gasteiger partial charge is 0.406 e. The number of carbonyl (C=O) groups excluding carboxylic acids is 1. The van der Waals surface area contributed by atoms with Crippen LogP contribution in [0, 0.1) is 0 Å². The SMILES string of the molecule is O=C(C=CCl)NCc1nn(-c2ccc(OC(F)(F)F)cc2)c2nccc(C(O)CO)c12. The molecule has 3 rings (SSSR count). The van der Waals surface area contributed by atoms with Crippen molar-refractivity contribution in [1.82, 2.24) is 20.1 Å². The third kappa shape index (κ3) is 5.32. The van der Waals surface area contributed by atoms with Crippen molar-refractivity contribution < 1.29 is 32.9 Å². The van der Waals surface area contributed by atoms with Crippen molar-refractivity contribution in [3.05, 3.63) is 59.4 Å². The van der Waals surface area contributed by atoms with Crippen LogP contribution >= 0.6 is 11.6 Å². The topological polar surface area (TPSA) is 110 Å². The second-order valence-corrected chi connectivity index (χ2v) is 6.46. The van der Waals surface area contributed by atoms with Gasteiger partial charge in [0.1, 0.15) is 11.9 Å². The summed E-state index contributed by atoms with van der Waals surface area (Å²) in [5.41, 5.74) is 2.32. The molecule has 1 unspecified atom stereocenters. The number of fused-ring (bicyclic) bond motifs is 1. The summed E-state index contributed by atoms with van der Waals surface area (Å²) in [5, 5.41) is 26.9. The first-order valence-electron chi connectivity index (χ1n) is 8.79. The van der Waals surface area contributed by atoms with Gasteiger partial charge in [0, 0.05) is 17.8 Å². The van der Waals surface area contributed by atoms with Crippen molar-refractivity contribution in [3.8, 4) is 11.4 Å². The molecule has 2 aromatic heterocycles. The number of aromatic nitrogens is 3. The lowest BCUT2D eigenvalue weighted by Crippen LogP contribution is -2.21. The first kappa shape index (κ1) is 22.5. The number of hydrogen-bond acceptors (Lipinski definition) is 6. The van der Waals surface area contributed by atoms with Crippen LogP contribution in [-0.4, -0.2) is 43.9 Å². The second kappa shape index (κ2) is 9.33. The van der Waals surface area contributed by atoms with E-state index in [1.165, 1.54) is 29.1 Å². The Balaban J connectivity index is 2.06. The zero-order valence-corrected chi connectivity index (χ0v) is 16.4. The fourth-order valence-corrected chi connectivity index (χ4v) is 3.01. The molecular formula is C19H16ClF3N4O4. The minimum atomic E-state index is -4.82. The van der Waals surface area contributed by atoms with E-state index in [0.29, 0.717) is 22.3 Å². The van der Waals surface area contributed by atoms with E-state index < -0.39 is 30.7 Å². The maximum atomic E-state index is 12.4. The number of halogens is 4. The van der Waals surface area contributed by atoms with Gasteiger partial charge in [-0.2, -0.15) is 5.10 Å². The predicted octanol–water partition coefficient (Wildman–Crippen LogP) is 2.71. The largest absolute Gasteiger partial charge is 0.573 e. The highest BCUT2D eigenvalue weighted by Crippen LogP contribution is 2.29. The summed E-state index contributed by atoms with van der Waals surface area (Å²) in [4.78, 5) is 16.0. The number of alkyl halides is 3. The van der Waals surface area contributed by atoms with Crippen LogP contribution in [0.4, 0.5) is 13.2 Å². The van der Waals surface area contributed by atoms with Crippen LogP contribution in [-0.2, 0) is 11.3 Å². The summed E-state index contributed by atoms with van der Waals surface area (Å²) < 4.78 is 42.4. The molecule has 164 valence electrons. The Labute approximate surface area is 178 Å². The highest BCUT2D eigenvalue weighted by Gasteiger charge is 2.31. The molecule has 0 radical (unpaired) electrons. The first-order chi connectivity index (χ1) is 14.7. The van der Waals surface area contributed by atoms with Crippen LogP contribution in [0.2, 0.25) is 0 Å². The summed E-state index contributed by atoms with van der Waals surface area (Å²) in [5.74, 6) is -0.892. The molecule has 1 atom stereocenters. The number of amides is 1. The number of hydrogen-bond donors (Lipinski definition) is 3. The molecule has 12 heteroatoms. The number of aliphatic hydroxyl groups excluding tert-OH is 2. The lowest BCUT2D eigenvalue weighted by atomic mass is 10.1. The molecule has 8 nitrogen and oxygen atoms in total. The van der Waals surface area contributed by atoms with Crippen molar-refractivity contribution in [2.75, 3.05) is 6.61 Å². The Morgan fingerprint density at radius 2 is 2.00 bits per heavy atom. The summed E-state index contributed by atoms with van der Waals surface area (Å²) in [6, 6.07) is 6.44. The molecule has 3 aromatic rings. The Hall–Kier alpha value is -3.15. The van der Waals surface area contributed by atoms with Gasteiger partial charge in [-0.3, -0.25) is 4.79 Å². The number of aliphatic hydroxyl groups is 2. The monoisotopic (exact) mass is 456 g/mol. The van der Waals surface area contributed by atoms with Crippen molar-refractivity contribution in [3.63, 3.8) is 0 Å². The third-order valence-electron chi connectivity index (χ3n) is 4.16. The van der Waals surface area contributed by atoms with Gasteiger partial charge in [-0.05, 0) is 35.9 Å². The van der Waals surface area contributed by atoms with Gasteiger partial charge in [-0.25, -0.2) is 9.67 Å². The standard InChI is InChI=1S/C19H16ClF3N4O4/c20-7-5-16(30)25-9-14-17-13(15(29)10-28)6-8-24-18(17)27(26-14)11-1-3-12(4-2-11)31-19(21,22)23/h1-8,15,28-29H,9-10H2,(H,25,30). The molecule has 1 amide bonds. The average Bonchev–Trinajstić information content (AvgIpc) is 3.10. The van der Waals surface area contributed by atoms with E-state index in [1.54, 1.807) is 0 Å². The van der Waals surface area contributed by atoms with Gasteiger partial charge in [0.15, 0.2) is 5.65 Å². The molecule has 0 saturated carbocycles. The van der Waals surface area contributed by atoms with Crippen molar-refractivity contribution in [2.45, 2.75) is 19.0 Å². The number of benzene rings is 1. The average molecular weight is 457 g/mol. The van der Waals surface area contributed by atoms with Gasteiger partial charge in [0.2, 0.25) is 5.91 Å². The molecular weight excluding hydrogens is 441 g/mol. The van der Waals surface area contributed by atoms with Crippen molar-refractivity contribution >= 4 is 28.5 Å². The van der Waals surface area contributed by atoms with E-state index in [2.05, 4.69) is 20.1 Å². The van der Waals surface area contributed by atoms with Crippen LogP contribution in [0.3, 0.4) is 0 Å². The molecule has 0 aliphatic carbocycles. The second-order valence-electron chi connectivity index (χ2n) is 6.21. The molecule has 31 heavy (non-hydrogen) atoms. The minimum absolute atomic E-state index is 0.0598. The minimum Gasteiger partial charge on any atom is -0.406 e. The highest BCUT2D eigenvalue weighted by atomic mass is 35.5. The van der Waals surface area contributed by atoms with Crippen LogP contribution in [0.5, 0.6) is 5.75 Å². The molecule has 0 fully saturated rings. The van der Waals surface area contributed by atoms with Gasteiger partial charge in [-0.15, -0.1) is 13.2 Å². The van der Waals surface area contributed by atoms with Crippen LogP contribution in [0.25, 0.3) is 16.7 Å². The summed E-state index contributed by atoms with van der Waals surface area (Å²) in [6.07, 6.45) is -3.56. The van der Waals surface area contributed by atoms with Gasteiger partial charge in [0.05, 0.1) is 29.9 Å². The lowest BCUT2D eigenvalue weighted by Gasteiger charge is -2.10. The number of nitrogens with zero attached hydrogens (tertiary/aromatic N) is 3. The maximum Gasteiger partial charge on any atom is 0.573 e. The van der Waals surface area contributed by atoms with Crippen LogP contribution in [0.1, 0.15) is 17.4 Å². The van der Waals surface area contributed by atoms with E-state index >= 15 is 0 Å². The summed E-state index contributed by atoms with van der Waals surface area (Å²) in [6.45, 7) is -0.621. The Kier molecular flexibility index (Phi) is 6.78. The summed E-state index contributed by atoms with van der Waals surface area (Å²) >= 11 is 5.38. The molecule has 3 N–H and O–H groups in total. The molecule has 0 aliphatic rings. The zero-order chi connectivity index (χ0) is 22.6.